The van der Waals surface area contributed by atoms with E-state index in [1.807, 2.05) is 13.0 Å². The summed E-state index contributed by atoms with van der Waals surface area (Å²) in [6.45, 7) is 1.92. The van der Waals surface area contributed by atoms with Crippen LogP contribution in [0, 0.1) is 6.92 Å². The lowest BCUT2D eigenvalue weighted by atomic mass is 10.1. The van der Waals surface area contributed by atoms with Gasteiger partial charge in [-0.3, -0.25) is 19.7 Å². The summed E-state index contributed by atoms with van der Waals surface area (Å²) in [5.41, 5.74) is 8.51. The van der Waals surface area contributed by atoms with Crippen LogP contribution in [-0.2, 0) is 0 Å². The van der Waals surface area contributed by atoms with Gasteiger partial charge < -0.3 is 5.73 Å². The summed E-state index contributed by atoms with van der Waals surface area (Å²) in [4.78, 5) is 32.5. The van der Waals surface area contributed by atoms with Crippen LogP contribution < -0.4 is 5.73 Å². The number of pyridine rings is 1. The van der Waals surface area contributed by atoms with Gasteiger partial charge in [-0.2, -0.15) is 0 Å². The van der Waals surface area contributed by atoms with Crippen LogP contribution in [0.2, 0.25) is 0 Å². The number of nitrogens with zero attached hydrogens (tertiary/aromatic N) is 5. The molecular formula is C15H12N6O. The summed E-state index contributed by atoms with van der Waals surface area (Å²) in [7, 11) is 0. The molecule has 3 aromatic heterocycles. The predicted molar refractivity (Wildman–Crippen MR) is 79.5 cm³/mol. The van der Waals surface area contributed by atoms with E-state index < -0.39 is 5.91 Å². The van der Waals surface area contributed by atoms with Crippen molar-refractivity contribution >= 4 is 5.91 Å². The number of hydrogen-bond donors (Lipinski definition) is 1. The number of aryl methyl sites for hydroxylation is 1. The van der Waals surface area contributed by atoms with Gasteiger partial charge in [0.15, 0.2) is 5.69 Å². The van der Waals surface area contributed by atoms with Gasteiger partial charge in [0, 0.05) is 30.4 Å². The van der Waals surface area contributed by atoms with Crippen molar-refractivity contribution in [2.24, 2.45) is 5.73 Å². The van der Waals surface area contributed by atoms with E-state index in [4.69, 9.17) is 5.73 Å². The maximum atomic E-state index is 11.7. The van der Waals surface area contributed by atoms with E-state index in [0.29, 0.717) is 17.1 Å². The first kappa shape index (κ1) is 13.7. The minimum absolute atomic E-state index is 0.0551. The van der Waals surface area contributed by atoms with Crippen molar-refractivity contribution < 1.29 is 4.79 Å². The molecule has 7 heteroatoms. The van der Waals surface area contributed by atoms with E-state index >= 15 is 0 Å². The number of amides is 1. The highest BCUT2D eigenvalue weighted by atomic mass is 16.1. The fraction of sp³-hybridized carbons (Fsp3) is 0.0667. The molecule has 3 aromatic rings. The second kappa shape index (κ2) is 5.65. The van der Waals surface area contributed by atoms with Crippen molar-refractivity contribution in [3.05, 3.63) is 54.5 Å². The van der Waals surface area contributed by atoms with Crippen LogP contribution in [0.4, 0.5) is 0 Å². The number of carbonyl (C=O) groups is 1. The van der Waals surface area contributed by atoms with Crippen LogP contribution in [0.25, 0.3) is 22.6 Å². The largest absolute Gasteiger partial charge is 0.364 e. The third-order valence-electron chi connectivity index (χ3n) is 2.98. The molecule has 0 aliphatic heterocycles. The molecule has 0 saturated heterocycles. The summed E-state index contributed by atoms with van der Waals surface area (Å²) >= 11 is 0. The van der Waals surface area contributed by atoms with Gasteiger partial charge in [0.1, 0.15) is 11.4 Å². The number of nitrogens with two attached hydrogens (primary N) is 1. The highest BCUT2D eigenvalue weighted by Gasteiger charge is 2.16. The molecule has 0 spiro atoms. The lowest BCUT2D eigenvalue weighted by Gasteiger charge is -2.07. The molecule has 108 valence electrons. The molecule has 0 aliphatic rings. The van der Waals surface area contributed by atoms with E-state index in [1.165, 1.54) is 18.6 Å². The van der Waals surface area contributed by atoms with Gasteiger partial charge >= 0.3 is 0 Å². The van der Waals surface area contributed by atoms with E-state index in [-0.39, 0.29) is 5.69 Å². The first-order chi connectivity index (χ1) is 10.6. The summed E-state index contributed by atoms with van der Waals surface area (Å²) < 4.78 is 0. The Morgan fingerprint density at radius 2 is 1.86 bits per heavy atom. The van der Waals surface area contributed by atoms with Crippen molar-refractivity contribution in [2.75, 3.05) is 0 Å². The van der Waals surface area contributed by atoms with Gasteiger partial charge in [-0.1, -0.05) is 0 Å². The van der Waals surface area contributed by atoms with Crippen molar-refractivity contribution in [1.29, 1.82) is 0 Å². The third-order valence-corrected chi connectivity index (χ3v) is 2.98. The number of rotatable bonds is 3. The van der Waals surface area contributed by atoms with Crippen LogP contribution in [0.3, 0.4) is 0 Å². The SMILES string of the molecule is Cc1cncc(-c2cnc(-c3cnccn3)c(C(N)=O)n2)c1. The molecule has 0 fully saturated rings. The quantitative estimate of drug-likeness (QED) is 0.781. The summed E-state index contributed by atoms with van der Waals surface area (Å²) in [5, 5.41) is 0. The molecule has 2 N–H and O–H groups in total. The van der Waals surface area contributed by atoms with Crippen LogP contribution in [-0.4, -0.2) is 30.8 Å². The second-order valence-corrected chi connectivity index (χ2v) is 4.66. The van der Waals surface area contributed by atoms with E-state index in [0.717, 1.165) is 11.1 Å². The van der Waals surface area contributed by atoms with E-state index in [9.17, 15) is 4.79 Å². The Hall–Kier alpha value is -3.22. The number of hydrogen-bond acceptors (Lipinski definition) is 6. The molecule has 22 heavy (non-hydrogen) atoms. The maximum Gasteiger partial charge on any atom is 0.269 e. The van der Waals surface area contributed by atoms with Crippen LogP contribution in [0.1, 0.15) is 16.1 Å². The lowest BCUT2D eigenvalue weighted by Crippen LogP contribution is -2.16. The Bertz CT molecular complexity index is 834. The Morgan fingerprint density at radius 3 is 2.55 bits per heavy atom. The average molecular weight is 292 g/mol. The average Bonchev–Trinajstić information content (AvgIpc) is 2.55. The first-order valence-electron chi connectivity index (χ1n) is 6.50. The fourth-order valence-corrected chi connectivity index (χ4v) is 2.00. The maximum absolute atomic E-state index is 11.7. The van der Waals surface area contributed by atoms with Crippen LogP contribution >= 0.6 is 0 Å². The van der Waals surface area contributed by atoms with Gasteiger partial charge in [-0.05, 0) is 18.6 Å². The van der Waals surface area contributed by atoms with Crippen molar-refractivity contribution in [3.63, 3.8) is 0 Å². The first-order valence-corrected chi connectivity index (χ1v) is 6.50. The fourth-order valence-electron chi connectivity index (χ4n) is 2.00. The Labute approximate surface area is 126 Å². The van der Waals surface area contributed by atoms with Crippen LogP contribution in [0.15, 0.2) is 43.2 Å². The lowest BCUT2D eigenvalue weighted by molar-refractivity contribution is 0.0996. The van der Waals surface area contributed by atoms with Gasteiger partial charge in [0.05, 0.1) is 18.1 Å². The van der Waals surface area contributed by atoms with E-state index in [2.05, 4.69) is 24.9 Å². The molecule has 0 radical (unpaired) electrons. The normalized spacial score (nSPS) is 10.4. The Kier molecular flexibility index (Phi) is 3.53. The molecule has 0 saturated carbocycles. The molecule has 0 atom stereocenters. The Morgan fingerprint density at radius 1 is 1.00 bits per heavy atom. The van der Waals surface area contributed by atoms with Gasteiger partial charge in [0.2, 0.25) is 0 Å². The smallest absolute Gasteiger partial charge is 0.269 e. The van der Waals surface area contributed by atoms with E-state index in [1.54, 1.807) is 18.6 Å². The molecule has 0 aliphatic carbocycles. The second-order valence-electron chi connectivity index (χ2n) is 4.66. The van der Waals surface area contributed by atoms with Crippen molar-refractivity contribution in [1.82, 2.24) is 24.9 Å². The van der Waals surface area contributed by atoms with Gasteiger partial charge in [-0.25, -0.2) is 9.97 Å². The summed E-state index contributed by atoms with van der Waals surface area (Å²) in [5.74, 6) is -0.671. The summed E-state index contributed by atoms with van der Waals surface area (Å²) in [6.07, 6.45) is 9.51. The predicted octanol–water partition coefficient (Wildman–Crippen LogP) is 1.40. The van der Waals surface area contributed by atoms with Crippen molar-refractivity contribution in [2.45, 2.75) is 6.92 Å². The molecule has 3 rings (SSSR count). The number of primary amides is 1. The molecule has 0 aromatic carbocycles. The standard InChI is InChI=1S/C15H12N6O/c1-9-4-10(6-18-5-9)11-8-20-13(14(21-11)15(16)22)12-7-17-2-3-19-12/h2-8H,1H3,(H2,16,22). The topological polar surface area (TPSA) is 108 Å². The Balaban J connectivity index is 2.14. The monoisotopic (exact) mass is 292 g/mol. The minimum atomic E-state index is -0.671. The molecule has 0 unspecified atom stereocenters. The number of carbonyl (C=O) groups excluding carboxylic acids is 1. The van der Waals surface area contributed by atoms with Crippen LogP contribution in [0.5, 0.6) is 0 Å². The molecule has 1 amide bonds. The zero-order chi connectivity index (χ0) is 15.5. The zero-order valence-electron chi connectivity index (χ0n) is 11.8. The molecule has 0 bridgehead atoms. The molecular weight excluding hydrogens is 280 g/mol. The third kappa shape index (κ3) is 2.64. The molecule has 3 heterocycles. The summed E-state index contributed by atoms with van der Waals surface area (Å²) in [6, 6.07) is 1.91. The highest BCUT2D eigenvalue weighted by Crippen LogP contribution is 2.22. The zero-order valence-corrected chi connectivity index (χ0v) is 11.8. The van der Waals surface area contributed by atoms with Gasteiger partial charge in [0.25, 0.3) is 5.91 Å². The highest BCUT2D eigenvalue weighted by molar-refractivity contribution is 5.96. The number of aromatic nitrogens is 5. The van der Waals surface area contributed by atoms with Crippen molar-refractivity contribution in [3.8, 4) is 22.6 Å². The minimum Gasteiger partial charge on any atom is -0.364 e. The van der Waals surface area contributed by atoms with Gasteiger partial charge in [-0.15, -0.1) is 0 Å². The molecule has 7 nitrogen and oxygen atoms in total.